The highest BCUT2D eigenvalue weighted by molar-refractivity contribution is 5.83. The maximum atomic E-state index is 13.7. The molecule has 0 atom stereocenters. The molecule has 0 saturated heterocycles. The lowest BCUT2D eigenvalue weighted by Gasteiger charge is -2.20. The zero-order valence-electron chi connectivity index (χ0n) is 14.3. The van der Waals surface area contributed by atoms with E-state index in [-0.39, 0.29) is 17.9 Å². The van der Waals surface area contributed by atoms with Crippen LogP contribution in [0.2, 0.25) is 0 Å². The molecule has 5 nitrogen and oxygen atoms in total. The maximum absolute atomic E-state index is 13.7. The van der Waals surface area contributed by atoms with Gasteiger partial charge in [0.2, 0.25) is 0 Å². The average molecular weight is 345 g/mol. The van der Waals surface area contributed by atoms with Crippen LogP contribution in [0.1, 0.15) is 36.7 Å². The van der Waals surface area contributed by atoms with Gasteiger partial charge in [-0.3, -0.25) is 4.79 Å². The van der Waals surface area contributed by atoms with E-state index in [1.807, 2.05) is 0 Å². The fourth-order valence-corrected chi connectivity index (χ4v) is 2.27. The Morgan fingerprint density at radius 3 is 2.60 bits per heavy atom. The van der Waals surface area contributed by atoms with Gasteiger partial charge in [0.25, 0.3) is 0 Å². The monoisotopic (exact) mass is 345 g/mol. The molecule has 0 bridgehead atoms. The van der Waals surface area contributed by atoms with E-state index < -0.39 is 17.5 Å². The average Bonchev–Trinajstić information content (AvgIpc) is 2.52. The van der Waals surface area contributed by atoms with Crippen LogP contribution in [0.4, 0.5) is 9.18 Å². The maximum Gasteiger partial charge on any atom is 0.407 e. The molecule has 6 heteroatoms. The number of halogens is 1. The quantitative estimate of drug-likeness (QED) is 0.820. The van der Waals surface area contributed by atoms with Crippen molar-refractivity contribution in [2.45, 2.75) is 32.9 Å². The lowest BCUT2D eigenvalue weighted by molar-refractivity contribution is 0.0523. The van der Waals surface area contributed by atoms with Gasteiger partial charge in [0.1, 0.15) is 17.2 Å². The molecular formula is C19H20FNO4. The van der Waals surface area contributed by atoms with Crippen molar-refractivity contribution in [2.75, 3.05) is 0 Å². The molecule has 0 aromatic heterocycles. The first kappa shape index (κ1) is 18.4. The number of rotatable bonds is 4. The Bertz CT molecular complexity index is 796. The van der Waals surface area contributed by atoms with Gasteiger partial charge in [0.15, 0.2) is 6.29 Å². The van der Waals surface area contributed by atoms with Crippen LogP contribution in [0.5, 0.6) is 5.75 Å². The van der Waals surface area contributed by atoms with Gasteiger partial charge in [0, 0.05) is 6.54 Å². The number of benzene rings is 2. The van der Waals surface area contributed by atoms with E-state index in [2.05, 4.69) is 5.32 Å². The molecule has 0 radical (unpaired) electrons. The van der Waals surface area contributed by atoms with Crippen molar-refractivity contribution in [3.8, 4) is 16.9 Å². The Morgan fingerprint density at radius 1 is 1.24 bits per heavy atom. The Kier molecular flexibility index (Phi) is 5.41. The van der Waals surface area contributed by atoms with Gasteiger partial charge < -0.3 is 15.2 Å². The summed E-state index contributed by atoms with van der Waals surface area (Å²) < 4.78 is 18.9. The number of carbonyl (C=O) groups is 2. The van der Waals surface area contributed by atoms with Gasteiger partial charge in [-0.05, 0) is 61.7 Å². The number of aldehydes is 1. The number of hydrogen-bond donors (Lipinski definition) is 2. The minimum absolute atomic E-state index is 0.104. The SMILES string of the molecule is CC(C)(C)OC(=O)NCc1ccc(F)cc1-c1ccc(O)c(C=O)c1. The topological polar surface area (TPSA) is 75.6 Å². The van der Waals surface area contributed by atoms with Gasteiger partial charge >= 0.3 is 6.09 Å². The first-order valence-corrected chi connectivity index (χ1v) is 7.73. The molecule has 2 aromatic carbocycles. The molecule has 0 aliphatic carbocycles. The number of nitrogens with one attached hydrogen (secondary N) is 1. The summed E-state index contributed by atoms with van der Waals surface area (Å²) in [5.74, 6) is -0.597. The van der Waals surface area contributed by atoms with Crippen LogP contribution >= 0.6 is 0 Å². The standard InChI is InChI=1S/C19H20FNO4/c1-19(2,3)25-18(24)21-10-13-4-6-15(20)9-16(13)12-5-7-17(23)14(8-12)11-22/h4-9,11,23H,10H2,1-3H3,(H,21,24). The highest BCUT2D eigenvalue weighted by atomic mass is 19.1. The molecule has 132 valence electrons. The highest BCUT2D eigenvalue weighted by Gasteiger charge is 2.16. The summed E-state index contributed by atoms with van der Waals surface area (Å²) in [6, 6.07) is 8.57. The van der Waals surface area contributed by atoms with Crippen molar-refractivity contribution in [3.63, 3.8) is 0 Å². The second-order valence-electron chi connectivity index (χ2n) is 6.55. The zero-order valence-corrected chi connectivity index (χ0v) is 14.3. The van der Waals surface area contributed by atoms with E-state index >= 15 is 0 Å². The highest BCUT2D eigenvalue weighted by Crippen LogP contribution is 2.28. The second kappa shape index (κ2) is 7.34. The Labute approximate surface area is 145 Å². The predicted octanol–water partition coefficient (Wildman–Crippen LogP) is 4.04. The summed E-state index contributed by atoms with van der Waals surface area (Å²) in [4.78, 5) is 22.8. The molecule has 0 aliphatic rings. The summed E-state index contributed by atoms with van der Waals surface area (Å²) in [7, 11) is 0. The minimum atomic E-state index is -0.620. The van der Waals surface area contributed by atoms with Crippen molar-refractivity contribution in [2.24, 2.45) is 0 Å². The van der Waals surface area contributed by atoms with E-state index in [9.17, 15) is 19.1 Å². The summed E-state index contributed by atoms with van der Waals surface area (Å²) >= 11 is 0. The van der Waals surface area contributed by atoms with Crippen LogP contribution in [-0.4, -0.2) is 23.1 Å². The van der Waals surface area contributed by atoms with Crippen LogP contribution in [0.15, 0.2) is 36.4 Å². The van der Waals surface area contributed by atoms with Crippen LogP contribution < -0.4 is 5.32 Å². The number of phenols is 1. The smallest absolute Gasteiger partial charge is 0.407 e. The molecule has 2 N–H and O–H groups in total. The van der Waals surface area contributed by atoms with Crippen molar-refractivity contribution < 1.29 is 23.8 Å². The van der Waals surface area contributed by atoms with Crippen molar-refractivity contribution in [1.82, 2.24) is 5.32 Å². The van der Waals surface area contributed by atoms with Gasteiger partial charge in [-0.2, -0.15) is 0 Å². The first-order valence-electron chi connectivity index (χ1n) is 7.73. The molecule has 0 heterocycles. The van der Waals surface area contributed by atoms with E-state index in [0.29, 0.717) is 23.0 Å². The summed E-state index contributed by atoms with van der Waals surface area (Å²) in [5.41, 5.74) is 1.20. The molecule has 0 unspecified atom stereocenters. The van der Waals surface area contributed by atoms with E-state index in [1.54, 1.807) is 32.9 Å². The number of amides is 1. The third kappa shape index (κ3) is 5.04. The number of carbonyl (C=O) groups excluding carboxylic acids is 2. The second-order valence-corrected chi connectivity index (χ2v) is 6.55. The van der Waals surface area contributed by atoms with Crippen LogP contribution in [0, 0.1) is 5.82 Å². The molecular weight excluding hydrogens is 325 g/mol. The number of ether oxygens (including phenoxy) is 1. The molecule has 2 rings (SSSR count). The number of alkyl carbamates (subject to hydrolysis) is 1. The molecule has 2 aromatic rings. The molecule has 0 saturated carbocycles. The largest absolute Gasteiger partial charge is 0.507 e. The van der Waals surface area contributed by atoms with Crippen molar-refractivity contribution in [3.05, 3.63) is 53.3 Å². The lowest BCUT2D eigenvalue weighted by Crippen LogP contribution is -2.32. The van der Waals surface area contributed by atoms with Crippen molar-refractivity contribution >= 4 is 12.4 Å². The Hall–Kier alpha value is -2.89. The number of phenolic OH excluding ortho intramolecular Hbond substituents is 1. The summed E-state index contributed by atoms with van der Waals surface area (Å²) in [6.45, 7) is 5.40. The number of hydrogen-bond acceptors (Lipinski definition) is 4. The molecule has 25 heavy (non-hydrogen) atoms. The molecule has 0 aliphatic heterocycles. The van der Waals surface area contributed by atoms with E-state index in [0.717, 1.165) is 0 Å². The molecule has 0 fully saturated rings. The number of aromatic hydroxyl groups is 1. The Morgan fingerprint density at radius 2 is 1.96 bits per heavy atom. The van der Waals surface area contributed by atoms with Gasteiger partial charge in [-0.15, -0.1) is 0 Å². The third-order valence-electron chi connectivity index (χ3n) is 3.36. The van der Waals surface area contributed by atoms with Gasteiger partial charge in [-0.1, -0.05) is 12.1 Å². The predicted molar refractivity (Wildman–Crippen MR) is 92.0 cm³/mol. The normalized spacial score (nSPS) is 11.0. The summed E-state index contributed by atoms with van der Waals surface area (Å²) in [5, 5.41) is 12.2. The Balaban J connectivity index is 2.29. The van der Waals surface area contributed by atoms with Crippen LogP contribution in [0.3, 0.4) is 0 Å². The molecule has 0 spiro atoms. The van der Waals surface area contributed by atoms with Gasteiger partial charge in [-0.25, -0.2) is 9.18 Å². The molecule has 1 amide bonds. The zero-order chi connectivity index (χ0) is 18.6. The van der Waals surface area contributed by atoms with E-state index in [1.165, 1.54) is 24.3 Å². The summed E-state index contributed by atoms with van der Waals surface area (Å²) in [6.07, 6.45) is -0.0569. The van der Waals surface area contributed by atoms with Gasteiger partial charge in [0.05, 0.1) is 5.56 Å². The van der Waals surface area contributed by atoms with Crippen molar-refractivity contribution in [1.29, 1.82) is 0 Å². The first-order chi connectivity index (χ1) is 11.7. The van der Waals surface area contributed by atoms with Crippen LogP contribution in [0.25, 0.3) is 11.1 Å². The van der Waals surface area contributed by atoms with E-state index in [4.69, 9.17) is 4.74 Å². The van der Waals surface area contributed by atoms with Crippen LogP contribution in [-0.2, 0) is 11.3 Å². The fourth-order valence-electron chi connectivity index (χ4n) is 2.27. The minimum Gasteiger partial charge on any atom is -0.507 e. The fraction of sp³-hybridized carbons (Fsp3) is 0.263. The third-order valence-corrected chi connectivity index (χ3v) is 3.36. The lowest BCUT2D eigenvalue weighted by atomic mass is 9.97.